The lowest BCUT2D eigenvalue weighted by molar-refractivity contribution is 0.0526. The number of benzene rings is 2. The zero-order valence-electron chi connectivity index (χ0n) is 17.0. The average molecular weight is 469 g/mol. The van der Waals surface area contributed by atoms with Crippen LogP contribution in [-0.4, -0.2) is 60.0 Å². The molecule has 9 nitrogen and oxygen atoms in total. The van der Waals surface area contributed by atoms with Gasteiger partial charge in [0, 0.05) is 19.6 Å². The molecule has 1 heterocycles. The molecule has 0 bridgehead atoms. The monoisotopic (exact) mass is 468 g/mol. The first kappa shape index (κ1) is 23.4. The third-order valence-corrected chi connectivity index (χ3v) is 8.00. The predicted molar refractivity (Wildman–Crippen MR) is 112 cm³/mol. The second-order valence-corrected chi connectivity index (χ2v) is 10.4. The topological polar surface area (TPSA) is 119 Å². The summed E-state index contributed by atoms with van der Waals surface area (Å²) >= 11 is 0. The molecule has 1 aliphatic rings. The van der Waals surface area contributed by atoms with E-state index in [-0.39, 0.29) is 36.0 Å². The number of nitrogens with one attached hydrogen (secondary N) is 1. The summed E-state index contributed by atoms with van der Waals surface area (Å²) in [6.07, 6.45) is 0. The van der Waals surface area contributed by atoms with E-state index < -0.39 is 26.0 Å². The average Bonchev–Trinajstić information content (AvgIpc) is 2.79. The maximum Gasteiger partial charge on any atom is 0.338 e. The quantitative estimate of drug-likeness (QED) is 0.581. The molecule has 1 aliphatic heterocycles. The van der Waals surface area contributed by atoms with Gasteiger partial charge in [-0.05, 0) is 48.9 Å². The predicted octanol–water partition coefficient (Wildman–Crippen LogP) is 1.36. The largest absolute Gasteiger partial charge is 0.462 e. The molecule has 2 aromatic carbocycles. The maximum atomic E-state index is 12.6. The molecule has 0 radical (unpaired) electrons. The first-order valence-electron chi connectivity index (χ1n) is 9.68. The van der Waals surface area contributed by atoms with Gasteiger partial charge < -0.3 is 9.47 Å². The number of hydrogen-bond acceptors (Lipinski definition) is 7. The highest BCUT2D eigenvalue weighted by Crippen LogP contribution is 2.19. The van der Waals surface area contributed by atoms with Crippen molar-refractivity contribution in [2.45, 2.75) is 23.3 Å². The molecule has 31 heavy (non-hydrogen) atoms. The van der Waals surface area contributed by atoms with Crippen LogP contribution in [0, 0.1) is 0 Å². The normalized spacial score (nSPS) is 15.5. The minimum absolute atomic E-state index is 0.0132. The van der Waals surface area contributed by atoms with Crippen molar-refractivity contribution in [2.24, 2.45) is 0 Å². The Hall–Kier alpha value is -2.31. The van der Waals surface area contributed by atoms with Crippen molar-refractivity contribution in [3.63, 3.8) is 0 Å². The number of sulfonamides is 2. The number of nitrogens with zero attached hydrogens (tertiary/aromatic N) is 1. The van der Waals surface area contributed by atoms with Gasteiger partial charge in [-0.25, -0.2) is 26.4 Å². The highest BCUT2D eigenvalue weighted by atomic mass is 32.2. The molecule has 0 amide bonds. The van der Waals surface area contributed by atoms with Crippen LogP contribution in [0.15, 0.2) is 58.3 Å². The summed E-state index contributed by atoms with van der Waals surface area (Å²) in [5.41, 5.74) is 1.04. The summed E-state index contributed by atoms with van der Waals surface area (Å²) in [5.74, 6) is -0.443. The van der Waals surface area contributed by atoms with Crippen molar-refractivity contribution in [3.8, 4) is 0 Å². The summed E-state index contributed by atoms with van der Waals surface area (Å²) in [4.78, 5) is 11.7. The van der Waals surface area contributed by atoms with Gasteiger partial charge in [-0.3, -0.25) is 0 Å². The van der Waals surface area contributed by atoms with Gasteiger partial charge in [-0.15, -0.1) is 0 Å². The van der Waals surface area contributed by atoms with Gasteiger partial charge in [-0.2, -0.15) is 4.31 Å². The van der Waals surface area contributed by atoms with E-state index >= 15 is 0 Å². The summed E-state index contributed by atoms with van der Waals surface area (Å²) in [7, 11) is -7.55. The van der Waals surface area contributed by atoms with E-state index in [1.807, 2.05) is 0 Å². The SMILES string of the molecule is CCOC(=O)c1ccc(CNS(=O)(=O)c2ccc(S(=O)(=O)N3CCOCC3)cc2)cc1. The molecule has 0 aliphatic carbocycles. The Balaban J connectivity index is 1.66. The van der Waals surface area contributed by atoms with Crippen LogP contribution in [0.5, 0.6) is 0 Å². The van der Waals surface area contributed by atoms with Gasteiger partial charge in [0.05, 0.1) is 35.2 Å². The van der Waals surface area contributed by atoms with Crippen LogP contribution in [0.2, 0.25) is 0 Å². The van der Waals surface area contributed by atoms with Crippen molar-refractivity contribution in [3.05, 3.63) is 59.7 Å². The zero-order chi connectivity index (χ0) is 22.5. The van der Waals surface area contributed by atoms with Crippen LogP contribution in [0.4, 0.5) is 0 Å². The molecular weight excluding hydrogens is 444 g/mol. The molecule has 0 saturated carbocycles. The van der Waals surface area contributed by atoms with Gasteiger partial charge in [-0.1, -0.05) is 12.1 Å². The third kappa shape index (κ3) is 5.69. The van der Waals surface area contributed by atoms with E-state index in [0.29, 0.717) is 24.3 Å². The van der Waals surface area contributed by atoms with Crippen molar-refractivity contribution < 1.29 is 31.1 Å². The molecule has 0 atom stereocenters. The molecule has 1 saturated heterocycles. The van der Waals surface area contributed by atoms with E-state index in [9.17, 15) is 21.6 Å². The minimum atomic E-state index is -3.85. The Labute approximate surface area is 182 Å². The van der Waals surface area contributed by atoms with Gasteiger partial charge in [0.2, 0.25) is 20.0 Å². The molecule has 3 rings (SSSR count). The number of carbonyl (C=O) groups is 1. The van der Waals surface area contributed by atoms with Gasteiger partial charge in [0.15, 0.2) is 0 Å². The smallest absolute Gasteiger partial charge is 0.338 e. The van der Waals surface area contributed by atoms with E-state index in [1.54, 1.807) is 31.2 Å². The number of esters is 1. The second-order valence-electron chi connectivity index (χ2n) is 6.73. The van der Waals surface area contributed by atoms with Crippen molar-refractivity contribution in [1.82, 2.24) is 9.03 Å². The maximum absolute atomic E-state index is 12.6. The van der Waals surface area contributed by atoms with Crippen molar-refractivity contribution in [1.29, 1.82) is 0 Å². The number of morpholine rings is 1. The van der Waals surface area contributed by atoms with Crippen LogP contribution in [0.3, 0.4) is 0 Å². The third-order valence-electron chi connectivity index (χ3n) is 4.67. The first-order chi connectivity index (χ1) is 14.7. The zero-order valence-corrected chi connectivity index (χ0v) is 18.6. The van der Waals surface area contributed by atoms with Crippen LogP contribution < -0.4 is 4.72 Å². The summed E-state index contributed by atoms with van der Waals surface area (Å²) in [6, 6.07) is 11.5. The van der Waals surface area contributed by atoms with E-state index in [1.165, 1.54) is 28.6 Å². The molecular formula is C20H24N2O7S2. The van der Waals surface area contributed by atoms with E-state index in [0.717, 1.165) is 0 Å². The van der Waals surface area contributed by atoms with Gasteiger partial charge in [0.1, 0.15) is 0 Å². The van der Waals surface area contributed by atoms with E-state index in [4.69, 9.17) is 9.47 Å². The van der Waals surface area contributed by atoms with Gasteiger partial charge in [0.25, 0.3) is 0 Å². The summed E-state index contributed by atoms with van der Waals surface area (Å²) < 4.78 is 64.3. The van der Waals surface area contributed by atoms with Crippen LogP contribution in [-0.2, 0) is 36.1 Å². The molecule has 2 aromatic rings. The number of rotatable bonds is 8. The van der Waals surface area contributed by atoms with Crippen LogP contribution in [0.1, 0.15) is 22.8 Å². The molecule has 168 valence electrons. The number of carbonyl (C=O) groups excluding carboxylic acids is 1. The van der Waals surface area contributed by atoms with Crippen molar-refractivity contribution in [2.75, 3.05) is 32.9 Å². The first-order valence-corrected chi connectivity index (χ1v) is 12.6. The number of hydrogen-bond donors (Lipinski definition) is 1. The fourth-order valence-electron chi connectivity index (χ4n) is 2.96. The lowest BCUT2D eigenvalue weighted by Gasteiger charge is -2.26. The highest BCUT2D eigenvalue weighted by molar-refractivity contribution is 7.89. The Bertz CT molecular complexity index is 1110. The Morgan fingerprint density at radius 3 is 2.13 bits per heavy atom. The minimum Gasteiger partial charge on any atom is -0.462 e. The van der Waals surface area contributed by atoms with Crippen molar-refractivity contribution >= 4 is 26.0 Å². The Kier molecular flexibility index (Phi) is 7.44. The molecule has 11 heteroatoms. The molecule has 0 aromatic heterocycles. The summed E-state index contributed by atoms with van der Waals surface area (Å²) in [6.45, 7) is 3.18. The Morgan fingerprint density at radius 2 is 1.55 bits per heavy atom. The second kappa shape index (κ2) is 9.88. The molecule has 0 unspecified atom stereocenters. The fraction of sp³-hybridized carbons (Fsp3) is 0.350. The Morgan fingerprint density at radius 1 is 0.968 bits per heavy atom. The molecule has 1 N–H and O–H groups in total. The molecule has 0 spiro atoms. The lowest BCUT2D eigenvalue weighted by Crippen LogP contribution is -2.40. The fourth-order valence-corrected chi connectivity index (χ4v) is 5.39. The van der Waals surface area contributed by atoms with Gasteiger partial charge >= 0.3 is 5.97 Å². The highest BCUT2D eigenvalue weighted by Gasteiger charge is 2.26. The summed E-state index contributed by atoms with van der Waals surface area (Å²) in [5, 5.41) is 0. The lowest BCUT2D eigenvalue weighted by atomic mass is 10.1. The standard InChI is InChI=1S/C20H24N2O7S2/c1-2-29-20(23)17-5-3-16(4-6-17)15-21-30(24,25)18-7-9-19(10-8-18)31(26,27)22-11-13-28-14-12-22/h3-10,21H,2,11-15H2,1H3. The van der Waals surface area contributed by atoms with Crippen LogP contribution in [0.25, 0.3) is 0 Å². The van der Waals surface area contributed by atoms with Crippen LogP contribution >= 0.6 is 0 Å². The molecule has 1 fully saturated rings. The number of ether oxygens (including phenoxy) is 2. The van der Waals surface area contributed by atoms with E-state index in [2.05, 4.69) is 4.72 Å².